The molecule has 20 heavy (non-hydrogen) atoms. The lowest BCUT2D eigenvalue weighted by atomic mass is 10.2. The minimum absolute atomic E-state index is 0.291. The van der Waals surface area contributed by atoms with Crippen molar-refractivity contribution in [3.8, 4) is 5.75 Å². The van der Waals surface area contributed by atoms with Gasteiger partial charge in [0, 0.05) is 11.5 Å². The monoisotopic (exact) mass is 324 g/mol. The van der Waals surface area contributed by atoms with Gasteiger partial charge in [-0.2, -0.15) is 21.6 Å². The fourth-order valence-electron chi connectivity index (χ4n) is 1.40. The van der Waals surface area contributed by atoms with Gasteiger partial charge in [-0.1, -0.05) is 0 Å². The Bertz CT molecular complexity index is 747. The summed E-state index contributed by atoms with van der Waals surface area (Å²) in [5.41, 5.74) is -5.18. The summed E-state index contributed by atoms with van der Waals surface area (Å²) < 4.78 is 62.5. The van der Waals surface area contributed by atoms with Gasteiger partial charge in [-0.15, -0.1) is 11.8 Å². The quantitative estimate of drug-likeness (QED) is 0.374. The molecule has 0 spiro atoms. The molecule has 0 aliphatic heterocycles. The van der Waals surface area contributed by atoms with Gasteiger partial charge in [0.15, 0.2) is 0 Å². The minimum atomic E-state index is -5.68. The molecule has 5 nitrogen and oxygen atoms in total. The van der Waals surface area contributed by atoms with Crippen LogP contribution in [-0.2, 0) is 10.1 Å². The lowest BCUT2D eigenvalue weighted by molar-refractivity contribution is -0.0500. The van der Waals surface area contributed by atoms with Crippen molar-refractivity contribution in [3.05, 3.63) is 24.5 Å². The van der Waals surface area contributed by atoms with Crippen molar-refractivity contribution in [2.45, 2.75) is 10.5 Å². The summed E-state index contributed by atoms with van der Waals surface area (Å²) in [6.45, 7) is 0. The number of benzene rings is 1. The Labute approximate surface area is 116 Å². The topological polar surface area (TPSA) is 69.2 Å². The zero-order chi connectivity index (χ0) is 15.0. The molecule has 0 saturated carbocycles. The molecule has 0 unspecified atom stereocenters. The van der Waals surface area contributed by atoms with Crippen molar-refractivity contribution >= 4 is 32.8 Å². The predicted molar refractivity (Wildman–Crippen MR) is 66.9 cm³/mol. The second-order valence-corrected chi connectivity index (χ2v) is 5.88. The van der Waals surface area contributed by atoms with Crippen molar-refractivity contribution in [3.63, 3.8) is 0 Å². The molecule has 0 bridgehead atoms. The number of nitrogens with zero attached hydrogens (tertiary/aromatic N) is 2. The fraction of sp³-hybridized carbons (Fsp3) is 0.200. The summed E-state index contributed by atoms with van der Waals surface area (Å²) in [5, 5.41) is 1.22. The summed E-state index contributed by atoms with van der Waals surface area (Å²) in [5.74, 6) is -0.458. The van der Waals surface area contributed by atoms with Gasteiger partial charge in [-0.3, -0.25) is 0 Å². The van der Waals surface area contributed by atoms with Crippen molar-refractivity contribution in [2.75, 3.05) is 6.26 Å². The fourth-order valence-corrected chi connectivity index (χ4v) is 2.40. The lowest BCUT2D eigenvalue weighted by Crippen LogP contribution is -2.28. The Morgan fingerprint density at radius 1 is 1.25 bits per heavy atom. The Kier molecular flexibility index (Phi) is 3.78. The summed E-state index contributed by atoms with van der Waals surface area (Å²) in [6, 6.07) is 3.64. The van der Waals surface area contributed by atoms with E-state index < -0.39 is 21.4 Å². The highest BCUT2D eigenvalue weighted by molar-refractivity contribution is 7.98. The molecule has 0 fully saturated rings. The van der Waals surface area contributed by atoms with Crippen LogP contribution in [0.4, 0.5) is 13.2 Å². The second kappa shape index (κ2) is 5.09. The molecule has 0 N–H and O–H groups in total. The van der Waals surface area contributed by atoms with Crippen molar-refractivity contribution < 1.29 is 25.8 Å². The van der Waals surface area contributed by atoms with Crippen LogP contribution in [0.3, 0.4) is 0 Å². The molecule has 2 rings (SSSR count). The highest BCUT2D eigenvalue weighted by atomic mass is 32.2. The average Bonchev–Trinajstić information content (AvgIpc) is 2.35. The standard InChI is InChI=1S/C10H7F3N2O3S2/c1-19-9-7-3-2-6(4-8(7)14-5-15-9)18-20(16,17)10(11,12)13/h2-5H,1H3. The molecule has 0 amide bonds. The molecule has 10 heteroatoms. The van der Waals surface area contributed by atoms with E-state index in [9.17, 15) is 21.6 Å². The third-order valence-electron chi connectivity index (χ3n) is 2.25. The smallest absolute Gasteiger partial charge is 0.376 e. The number of alkyl halides is 3. The van der Waals surface area contributed by atoms with Gasteiger partial charge >= 0.3 is 15.6 Å². The van der Waals surface area contributed by atoms with Crippen LogP contribution >= 0.6 is 11.8 Å². The van der Waals surface area contributed by atoms with Crippen LogP contribution in [0.25, 0.3) is 10.9 Å². The number of fused-ring (bicyclic) bond motifs is 1. The minimum Gasteiger partial charge on any atom is -0.376 e. The van der Waals surface area contributed by atoms with Crippen LogP contribution in [-0.4, -0.2) is 30.1 Å². The Morgan fingerprint density at radius 3 is 2.55 bits per heavy atom. The van der Waals surface area contributed by atoms with Gasteiger partial charge < -0.3 is 4.18 Å². The third-order valence-corrected chi connectivity index (χ3v) is 3.95. The molecule has 1 heterocycles. The second-order valence-electron chi connectivity index (χ2n) is 3.55. The maximum absolute atomic E-state index is 12.2. The van der Waals surface area contributed by atoms with Gasteiger partial charge in [0.2, 0.25) is 0 Å². The van der Waals surface area contributed by atoms with Crippen molar-refractivity contribution in [1.82, 2.24) is 9.97 Å². The first-order chi connectivity index (χ1) is 9.24. The van der Waals surface area contributed by atoms with E-state index in [-0.39, 0.29) is 0 Å². The summed E-state index contributed by atoms with van der Waals surface area (Å²) >= 11 is 1.33. The molecule has 2 aromatic rings. The summed E-state index contributed by atoms with van der Waals surface area (Å²) in [7, 11) is -5.68. The van der Waals surface area contributed by atoms with Gasteiger partial charge in [0.05, 0.1) is 5.52 Å². The number of hydrogen-bond donors (Lipinski definition) is 0. The first-order valence-corrected chi connectivity index (χ1v) is 7.67. The lowest BCUT2D eigenvalue weighted by Gasteiger charge is -2.10. The molecule has 1 aromatic heterocycles. The molecular weight excluding hydrogens is 317 g/mol. The molecule has 0 atom stereocenters. The van der Waals surface area contributed by atoms with Crippen molar-refractivity contribution in [1.29, 1.82) is 0 Å². The van der Waals surface area contributed by atoms with Crippen LogP contribution < -0.4 is 4.18 Å². The maximum atomic E-state index is 12.2. The molecule has 108 valence electrons. The van der Waals surface area contributed by atoms with Gasteiger partial charge in [-0.25, -0.2) is 9.97 Å². The van der Waals surface area contributed by atoms with E-state index in [4.69, 9.17) is 0 Å². The average molecular weight is 324 g/mol. The number of thioether (sulfide) groups is 1. The first-order valence-electron chi connectivity index (χ1n) is 5.04. The SMILES string of the molecule is CSc1ncnc2cc(OS(=O)(=O)C(F)(F)F)ccc12. The van der Waals surface area contributed by atoms with E-state index in [0.29, 0.717) is 15.9 Å². The largest absolute Gasteiger partial charge is 0.534 e. The van der Waals surface area contributed by atoms with E-state index >= 15 is 0 Å². The summed E-state index contributed by atoms with van der Waals surface area (Å²) in [6.07, 6.45) is 3.01. The van der Waals surface area contributed by atoms with Gasteiger partial charge in [0.25, 0.3) is 0 Å². The Morgan fingerprint density at radius 2 is 1.95 bits per heavy atom. The van der Waals surface area contributed by atoms with E-state index in [1.807, 2.05) is 0 Å². The normalized spacial score (nSPS) is 12.6. The zero-order valence-corrected chi connectivity index (χ0v) is 11.5. The third kappa shape index (κ3) is 2.80. The number of rotatable bonds is 3. The van der Waals surface area contributed by atoms with Gasteiger partial charge in [0.1, 0.15) is 17.1 Å². The van der Waals surface area contributed by atoms with Crippen LogP contribution in [0, 0.1) is 0 Å². The van der Waals surface area contributed by atoms with E-state index in [1.54, 1.807) is 6.26 Å². The van der Waals surface area contributed by atoms with E-state index in [2.05, 4.69) is 14.2 Å². The molecule has 0 saturated heterocycles. The van der Waals surface area contributed by atoms with Crippen molar-refractivity contribution in [2.24, 2.45) is 0 Å². The Hall–Kier alpha value is -1.55. The summed E-state index contributed by atoms with van der Waals surface area (Å²) in [4.78, 5) is 7.84. The predicted octanol–water partition coefficient (Wildman–Crippen LogP) is 2.58. The van der Waals surface area contributed by atoms with Crippen LogP contribution in [0.15, 0.2) is 29.6 Å². The highest BCUT2D eigenvalue weighted by Gasteiger charge is 2.48. The molecule has 0 aliphatic rings. The van der Waals surface area contributed by atoms with Crippen LogP contribution in [0.2, 0.25) is 0 Å². The highest BCUT2D eigenvalue weighted by Crippen LogP contribution is 2.30. The Balaban J connectivity index is 2.44. The molecular formula is C10H7F3N2O3S2. The number of halogens is 3. The van der Waals surface area contributed by atoms with Crippen LogP contribution in [0.5, 0.6) is 5.75 Å². The molecule has 0 radical (unpaired) electrons. The first kappa shape index (κ1) is 14.9. The molecule has 1 aromatic carbocycles. The van der Waals surface area contributed by atoms with Gasteiger partial charge in [-0.05, 0) is 18.4 Å². The zero-order valence-electron chi connectivity index (χ0n) is 9.88. The number of aromatic nitrogens is 2. The molecule has 0 aliphatic carbocycles. The number of hydrogen-bond acceptors (Lipinski definition) is 6. The maximum Gasteiger partial charge on any atom is 0.534 e. The van der Waals surface area contributed by atoms with E-state index in [1.165, 1.54) is 24.2 Å². The van der Waals surface area contributed by atoms with Crippen LogP contribution in [0.1, 0.15) is 0 Å². The van der Waals surface area contributed by atoms with E-state index in [0.717, 1.165) is 12.1 Å².